The summed E-state index contributed by atoms with van der Waals surface area (Å²) in [6, 6.07) is 12.2. The van der Waals surface area contributed by atoms with Crippen LogP contribution in [0.3, 0.4) is 0 Å². The molecule has 1 N–H and O–H groups in total. The van der Waals surface area contributed by atoms with E-state index in [4.69, 9.17) is 16.3 Å². The van der Waals surface area contributed by atoms with Crippen LogP contribution < -0.4 is 4.72 Å². The fraction of sp³-hybridized carbons (Fsp3) is 0.368. The van der Waals surface area contributed by atoms with Crippen LogP contribution >= 0.6 is 11.6 Å². The number of aryl methyl sites for hydroxylation is 1. The number of morpholine rings is 1. The van der Waals surface area contributed by atoms with Crippen molar-refractivity contribution in [3.8, 4) is 0 Å². The highest BCUT2D eigenvalue weighted by atomic mass is 35.5. The first kappa shape index (κ1) is 19.2. The standard InChI is InChI=1S/C19H23ClN2O3S/c1-2-15-3-7-18(8-4-15)26(23,24)21-17-6-5-16(19(20)13-17)14-22-9-11-25-12-10-22/h3-8,13,21H,2,9-12,14H2,1H3. The Morgan fingerprint density at radius 3 is 2.42 bits per heavy atom. The lowest BCUT2D eigenvalue weighted by Gasteiger charge is -2.27. The third-order valence-electron chi connectivity index (χ3n) is 4.44. The van der Waals surface area contributed by atoms with Crippen LogP contribution in [-0.4, -0.2) is 39.6 Å². The summed E-state index contributed by atoms with van der Waals surface area (Å²) in [5.41, 5.74) is 2.53. The van der Waals surface area contributed by atoms with E-state index in [1.807, 2.05) is 25.1 Å². The van der Waals surface area contributed by atoms with Gasteiger partial charge in [0, 0.05) is 24.7 Å². The number of hydrogen-bond donors (Lipinski definition) is 1. The summed E-state index contributed by atoms with van der Waals surface area (Å²) in [5.74, 6) is 0. The van der Waals surface area contributed by atoms with Gasteiger partial charge in [-0.2, -0.15) is 0 Å². The second kappa shape index (κ2) is 8.39. The van der Waals surface area contributed by atoms with E-state index < -0.39 is 10.0 Å². The van der Waals surface area contributed by atoms with E-state index >= 15 is 0 Å². The second-order valence-corrected chi connectivity index (χ2v) is 8.39. The van der Waals surface area contributed by atoms with Crippen molar-refractivity contribution in [3.63, 3.8) is 0 Å². The number of ether oxygens (including phenoxy) is 1. The van der Waals surface area contributed by atoms with Gasteiger partial charge in [0.15, 0.2) is 0 Å². The Hall–Kier alpha value is -1.60. The molecule has 1 saturated heterocycles. The maximum absolute atomic E-state index is 12.5. The Bertz CT molecular complexity index is 848. The molecule has 0 bridgehead atoms. The summed E-state index contributed by atoms with van der Waals surface area (Å²) in [4.78, 5) is 2.51. The maximum atomic E-state index is 12.5. The smallest absolute Gasteiger partial charge is 0.261 e. The molecule has 1 aliphatic rings. The molecular formula is C19H23ClN2O3S. The largest absolute Gasteiger partial charge is 0.379 e. The minimum atomic E-state index is -3.63. The number of rotatable bonds is 6. The van der Waals surface area contributed by atoms with Crippen LogP contribution in [0.2, 0.25) is 5.02 Å². The van der Waals surface area contributed by atoms with Gasteiger partial charge in [-0.05, 0) is 41.8 Å². The molecule has 0 aromatic heterocycles. The molecule has 1 fully saturated rings. The van der Waals surface area contributed by atoms with E-state index in [-0.39, 0.29) is 4.90 Å². The zero-order chi connectivity index (χ0) is 18.6. The zero-order valence-corrected chi connectivity index (χ0v) is 16.3. The van der Waals surface area contributed by atoms with E-state index in [2.05, 4.69) is 9.62 Å². The highest BCUT2D eigenvalue weighted by molar-refractivity contribution is 7.92. The number of halogens is 1. The van der Waals surface area contributed by atoms with Gasteiger partial charge in [-0.3, -0.25) is 9.62 Å². The first-order valence-corrected chi connectivity index (χ1v) is 10.5. The maximum Gasteiger partial charge on any atom is 0.261 e. The van der Waals surface area contributed by atoms with Gasteiger partial charge < -0.3 is 4.74 Å². The number of anilines is 1. The predicted octanol–water partition coefficient (Wildman–Crippen LogP) is 3.54. The average Bonchev–Trinajstić information content (AvgIpc) is 2.64. The Balaban J connectivity index is 1.71. The quantitative estimate of drug-likeness (QED) is 0.814. The van der Waals surface area contributed by atoms with Crippen LogP contribution in [0.25, 0.3) is 0 Å². The predicted molar refractivity (Wildman–Crippen MR) is 104 cm³/mol. The Morgan fingerprint density at radius 2 is 1.81 bits per heavy atom. The number of sulfonamides is 1. The number of nitrogens with zero attached hydrogens (tertiary/aromatic N) is 1. The van der Waals surface area contributed by atoms with Crippen LogP contribution in [0.4, 0.5) is 5.69 Å². The van der Waals surface area contributed by atoms with Crippen LogP contribution in [0, 0.1) is 0 Å². The Morgan fingerprint density at radius 1 is 1.12 bits per heavy atom. The Labute approximate surface area is 160 Å². The molecule has 0 radical (unpaired) electrons. The molecule has 0 spiro atoms. The van der Waals surface area contributed by atoms with E-state index in [9.17, 15) is 8.42 Å². The molecule has 0 amide bonds. The summed E-state index contributed by atoms with van der Waals surface area (Å²) >= 11 is 6.37. The van der Waals surface area contributed by atoms with Gasteiger partial charge in [0.2, 0.25) is 0 Å². The van der Waals surface area contributed by atoms with Gasteiger partial charge in [0.05, 0.1) is 23.8 Å². The van der Waals surface area contributed by atoms with Crippen LogP contribution in [0.5, 0.6) is 0 Å². The molecule has 2 aromatic carbocycles. The monoisotopic (exact) mass is 394 g/mol. The van der Waals surface area contributed by atoms with Crippen LogP contribution in [0.1, 0.15) is 18.1 Å². The molecule has 2 aromatic rings. The fourth-order valence-electron chi connectivity index (χ4n) is 2.86. The molecule has 5 nitrogen and oxygen atoms in total. The lowest BCUT2D eigenvalue weighted by Crippen LogP contribution is -2.35. The van der Waals surface area contributed by atoms with Gasteiger partial charge >= 0.3 is 0 Å². The molecule has 7 heteroatoms. The zero-order valence-electron chi connectivity index (χ0n) is 14.7. The lowest BCUT2D eigenvalue weighted by molar-refractivity contribution is 0.0342. The minimum Gasteiger partial charge on any atom is -0.379 e. The highest BCUT2D eigenvalue weighted by Crippen LogP contribution is 2.25. The van der Waals surface area contributed by atoms with Gasteiger partial charge in [-0.25, -0.2) is 8.42 Å². The van der Waals surface area contributed by atoms with Gasteiger partial charge in [0.1, 0.15) is 0 Å². The normalized spacial score (nSPS) is 15.8. The molecule has 1 aliphatic heterocycles. The van der Waals surface area contributed by atoms with Crippen molar-refractivity contribution < 1.29 is 13.2 Å². The molecule has 0 saturated carbocycles. The lowest BCUT2D eigenvalue weighted by atomic mass is 10.2. The fourth-order valence-corrected chi connectivity index (χ4v) is 4.15. The van der Waals surface area contributed by atoms with Crippen molar-refractivity contribution in [3.05, 3.63) is 58.6 Å². The summed E-state index contributed by atoms with van der Waals surface area (Å²) in [6.07, 6.45) is 0.869. The molecule has 140 valence electrons. The van der Waals surface area contributed by atoms with Crippen molar-refractivity contribution in [1.82, 2.24) is 4.90 Å². The summed E-state index contributed by atoms with van der Waals surface area (Å²) in [6.45, 7) is 5.96. The van der Waals surface area contributed by atoms with Crippen molar-refractivity contribution in [2.45, 2.75) is 24.8 Å². The SMILES string of the molecule is CCc1ccc(S(=O)(=O)Nc2ccc(CN3CCOCC3)c(Cl)c2)cc1. The molecular weight excluding hydrogens is 372 g/mol. The van der Waals surface area contributed by atoms with E-state index in [1.54, 1.807) is 24.3 Å². The van der Waals surface area contributed by atoms with Crippen LogP contribution in [0.15, 0.2) is 47.4 Å². The second-order valence-electron chi connectivity index (χ2n) is 6.30. The highest BCUT2D eigenvalue weighted by Gasteiger charge is 2.16. The third kappa shape index (κ3) is 4.76. The van der Waals surface area contributed by atoms with E-state index in [0.717, 1.165) is 50.4 Å². The molecule has 0 aliphatic carbocycles. The van der Waals surface area contributed by atoms with E-state index in [1.165, 1.54) is 0 Å². The minimum absolute atomic E-state index is 0.239. The number of benzene rings is 2. The van der Waals surface area contributed by atoms with Crippen molar-refractivity contribution in [2.24, 2.45) is 0 Å². The topological polar surface area (TPSA) is 58.6 Å². The van der Waals surface area contributed by atoms with E-state index in [0.29, 0.717) is 10.7 Å². The molecule has 0 unspecified atom stereocenters. The van der Waals surface area contributed by atoms with Gasteiger partial charge in [0.25, 0.3) is 10.0 Å². The Kier molecular flexibility index (Phi) is 6.19. The summed E-state index contributed by atoms with van der Waals surface area (Å²) in [7, 11) is -3.63. The first-order valence-electron chi connectivity index (χ1n) is 8.68. The number of nitrogens with one attached hydrogen (secondary N) is 1. The number of hydrogen-bond acceptors (Lipinski definition) is 4. The summed E-state index contributed by atoms with van der Waals surface area (Å²) < 4.78 is 33.0. The van der Waals surface area contributed by atoms with Crippen molar-refractivity contribution in [1.29, 1.82) is 0 Å². The van der Waals surface area contributed by atoms with Crippen molar-refractivity contribution >= 4 is 27.3 Å². The molecule has 3 rings (SSSR count). The first-order chi connectivity index (χ1) is 12.5. The van der Waals surface area contributed by atoms with Crippen molar-refractivity contribution in [2.75, 3.05) is 31.0 Å². The average molecular weight is 395 g/mol. The third-order valence-corrected chi connectivity index (χ3v) is 6.19. The molecule has 26 heavy (non-hydrogen) atoms. The van der Waals surface area contributed by atoms with Gasteiger partial charge in [-0.15, -0.1) is 0 Å². The van der Waals surface area contributed by atoms with Crippen LogP contribution in [-0.2, 0) is 27.7 Å². The molecule has 1 heterocycles. The summed E-state index contributed by atoms with van der Waals surface area (Å²) in [5, 5.41) is 0.554. The van der Waals surface area contributed by atoms with Gasteiger partial charge in [-0.1, -0.05) is 36.7 Å². The molecule has 0 atom stereocenters.